The second-order valence-corrected chi connectivity index (χ2v) is 5.91. The Morgan fingerprint density at radius 2 is 2.00 bits per heavy atom. The quantitative estimate of drug-likeness (QED) is 0.877. The van der Waals surface area contributed by atoms with Gasteiger partial charge in [0.05, 0.1) is 13.1 Å². The van der Waals surface area contributed by atoms with Crippen LogP contribution in [0, 0.1) is 0 Å². The van der Waals surface area contributed by atoms with E-state index < -0.39 is 0 Å². The maximum atomic E-state index is 4.51. The Bertz CT molecular complexity index is 552. The van der Waals surface area contributed by atoms with Crippen LogP contribution in [0.4, 0.5) is 0 Å². The van der Waals surface area contributed by atoms with Gasteiger partial charge in [-0.25, -0.2) is 9.67 Å². The van der Waals surface area contributed by atoms with Crippen molar-refractivity contribution >= 4 is 0 Å². The van der Waals surface area contributed by atoms with Crippen molar-refractivity contribution in [1.29, 1.82) is 0 Å². The molecule has 0 saturated heterocycles. The maximum Gasteiger partial charge on any atom is 0.164 e. The van der Waals surface area contributed by atoms with Crippen LogP contribution >= 0.6 is 0 Å². The van der Waals surface area contributed by atoms with Crippen molar-refractivity contribution in [2.24, 2.45) is 0 Å². The molecule has 0 spiro atoms. The fourth-order valence-electron chi connectivity index (χ4n) is 2.21. The standard InChI is InChI=1S/C16H22N4/c1-12(2)14-5-3-13(4-6-14)10-20-11-18-16(19-20)9-17-15-7-8-15/h3-6,11-12,15,17H,7-10H2,1-2H3. The molecule has 1 saturated carbocycles. The largest absolute Gasteiger partial charge is 0.307 e. The molecule has 1 aliphatic rings. The van der Waals surface area contributed by atoms with E-state index in [0.29, 0.717) is 12.0 Å². The zero-order chi connectivity index (χ0) is 13.9. The molecule has 1 heterocycles. The molecule has 4 heteroatoms. The molecule has 1 N–H and O–H groups in total. The van der Waals surface area contributed by atoms with E-state index in [4.69, 9.17) is 0 Å². The average Bonchev–Trinajstić information content (AvgIpc) is 3.17. The summed E-state index contributed by atoms with van der Waals surface area (Å²) in [6.45, 7) is 6.00. The van der Waals surface area contributed by atoms with Gasteiger partial charge in [-0.2, -0.15) is 5.10 Å². The molecule has 0 radical (unpaired) electrons. The first kappa shape index (κ1) is 13.3. The first-order chi connectivity index (χ1) is 9.70. The predicted octanol–water partition coefficient (Wildman–Crippen LogP) is 2.70. The summed E-state index contributed by atoms with van der Waals surface area (Å²) in [6.07, 6.45) is 4.41. The molecule has 106 valence electrons. The zero-order valence-electron chi connectivity index (χ0n) is 12.2. The maximum absolute atomic E-state index is 4.51. The van der Waals surface area contributed by atoms with Crippen molar-refractivity contribution in [2.45, 2.75) is 51.7 Å². The van der Waals surface area contributed by atoms with E-state index in [1.54, 1.807) is 0 Å². The molecule has 0 amide bonds. The van der Waals surface area contributed by atoms with Gasteiger partial charge in [-0.1, -0.05) is 38.1 Å². The number of nitrogens with one attached hydrogen (secondary N) is 1. The monoisotopic (exact) mass is 270 g/mol. The second-order valence-electron chi connectivity index (χ2n) is 5.91. The van der Waals surface area contributed by atoms with Crippen LogP contribution < -0.4 is 5.32 Å². The van der Waals surface area contributed by atoms with E-state index >= 15 is 0 Å². The highest BCUT2D eigenvalue weighted by Crippen LogP contribution is 2.19. The van der Waals surface area contributed by atoms with Gasteiger partial charge < -0.3 is 5.32 Å². The Hall–Kier alpha value is -1.68. The Kier molecular flexibility index (Phi) is 3.83. The average molecular weight is 270 g/mol. The molecule has 1 aromatic carbocycles. The lowest BCUT2D eigenvalue weighted by atomic mass is 10.0. The minimum atomic E-state index is 0.579. The summed E-state index contributed by atoms with van der Waals surface area (Å²) in [6, 6.07) is 9.46. The first-order valence-corrected chi connectivity index (χ1v) is 7.41. The number of rotatable bonds is 6. The van der Waals surface area contributed by atoms with Crippen LogP contribution in [0.25, 0.3) is 0 Å². The summed E-state index contributed by atoms with van der Waals surface area (Å²) >= 11 is 0. The lowest BCUT2D eigenvalue weighted by Gasteiger charge is -2.06. The fraction of sp³-hybridized carbons (Fsp3) is 0.500. The topological polar surface area (TPSA) is 42.7 Å². The van der Waals surface area contributed by atoms with Gasteiger partial charge in [-0.3, -0.25) is 0 Å². The Labute approximate surface area is 120 Å². The Morgan fingerprint density at radius 3 is 2.65 bits per heavy atom. The summed E-state index contributed by atoms with van der Waals surface area (Å²) in [5.74, 6) is 1.46. The molecule has 0 aliphatic heterocycles. The Morgan fingerprint density at radius 1 is 1.25 bits per heavy atom. The van der Waals surface area contributed by atoms with E-state index in [9.17, 15) is 0 Å². The molecule has 1 aliphatic carbocycles. The van der Waals surface area contributed by atoms with Gasteiger partial charge in [-0.15, -0.1) is 0 Å². The van der Waals surface area contributed by atoms with E-state index in [1.165, 1.54) is 24.0 Å². The van der Waals surface area contributed by atoms with Crippen LogP contribution in [0.3, 0.4) is 0 Å². The fourth-order valence-corrected chi connectivity index (χ4v) is 2.21. The molecule has 2 aromatic rings. The van der Waals surface area contributed by atoms with Gasteiger partial charge in [0.15, 0.2) is 5.82 Å². The summed E-state index contributed by atoms with van der Waals surface area (Å²) in [5.41, 5.74) is 2.64. The molecule has 20 heavy (non-hydrogen) atoms. The first-order valence-electron chi connectivity index (χ1n) is 7.41. The summed E-state index contributed by atoms with van der Waals surface area (Å²) in [5, 5.41) is 7.94. The van der Waals surface area contributed by atoms with Crippen LogP contribution in [-0.2, 0) is 13.1 Å². The van der Waals surface area contributed by atoms with E-state index in [1.807, 2.05) is 11.0 Å². The SMILES string of the molecule is CC(C)c1ccc(Cn2cnc(CNC3CC3)n2)cc1. The third-order valence-corrected chi connectivity index (χ3v) is 3.70. The highest BCUT2D eigenvalue weighted by atomic mass is 15.3. The van der Waals surface area contributed by atoms with Gasteiger partial charge >= 0.3 is 0 Å². The van der Waals surface area contributed by atoms with Gasteiger partial charge in [0, 0.05) is 6.04 Å². The Balaban J connectivity index is 1.58. The number of aromatic nitrogens is 3. The third-order valence-electron chi connectivity index (χ3n) is 3.70. The van der Waals surface area contributed by atoms with E-state index in [2.05, 4.69) is 53.5 Å². The third kappa shape index (κ3) is 3.45. The molecule has 0 unspecified atom stereocenters. The normalized spacial score (nSPS) is 14.9. The summed E-state index contributed by atoms with van der Waals surface area (Å²) in [4.78, 5) is 4.35. The highest BCUT2D eigenvalue weighted by molar-refractivity contribution is 5.24. The van der Waals surface area contributed by atoms with Gasteiger partial charge in [0.1, 0.15) is 6.33 Å². The summed E-state index contributed by atoms with van der Waals surface area (Å²) < 4.78 is 1.91. The van der Waals surface area contributed by atoms with E-state index in [-0.39, 0.29) is 0 Å². The molecule has 0 bridgehead atoms. The number of hydrogen-bond acceptors (Lipinski definition) is 3. The second kappa shape index (κ2) is 5.75. The smallest absolute Gasteiger partial charge is 0.164 e. The zero-order valence-corrected chi connectivity index (χ0v) is 12.2. The number of benzene rings is 1. The molecule has 0 atom stereocenters. The lowest BCUT2D eigenvalue weighted by Crippen LogP contribution is -2.16. The minimum Gasteiger partial charge on any atom is -0.307 e. The molecule has 1 fully saturated rings. The number of hydrogen-bond donors (Lipinski definition) is 1. The van der Waals surface area contributed by atoms with Crippen molar-refractivity contribution < 1.29 is 0 Å². The van der Waals surface area contributed by atoms with Crippen molar-refractivity contribution in [3.63, 3.8) is 0 Å². The van der Waals surface area contributed by atoms with Crippen molar-refractivity contribution in [1.82, 2.24) is 20.1 Å². The molecule has 4 nitrogen and oxygen atoms in total. The predicted molar refractivity (Wildman–Crippen MR) is 79.5 cm³/mol. The van der Waals surface area contributed by atoms with Crippen molar-refractivity contribution in [3.05, 3.63) is 47.5 Å². The van der Waals surface area contributed by atoms with Crippen LogP contribution in [-0.4, -0.2) is 20.8 Å². The number of nitrogens with zero attached hydrogens (tertiary/aromatic N) is 3. The molecular weight excluding hydrogens is 248 g/mol. The lowest BCUT2D eigenvalue weighted by molar-refractivity contribution is 0.628. The van der Waals surface area contributed by atoms with Crippen molar-refractivity contribution in [3.8, 4) is 0 Å². The molecular formula is C16H22N4. The minimum absolute atomic E-state index is 0.579. The van der Waals surface area contributed by atoms with E-state index in [0.717, 1.165) is 18.9 Å². The van der Waals surface area contributed by atoms with Crippen molar-refractivity contribution in [2.75, 3.05) is 0 Å². The van der Waals surface area contributed by atoms with Crippen LogP contribution in [0.15, 0.2) is 30.6 Å². The molecule has 1 aromatic heterocycles. The van der Waals surface area contributed by atoms with Crippen LogP contribution in [0.5, 0.6) is 0 Å². The van der Waals surface area contributed by atoms with Gasteiger partial charge in [0.25, 0.3) is 0 Å². The van der Waals surface area contributed by atoms with Gasteiger partial charge in [0.2, 0.25) is 0 Å². The van der Waals surface area contributed by atoms with Crippen LogP contribution in [0.1, 0.15) is 49.6 Å². The highest BCUT2D eigenvalue weighted by Gasteiger charge is 2.20. The molecule has 3 rings (SSSR count). The van der Waals surface area contributed by atoms with Crippen LogP contribution in [0.2, 0.25) is 0 Å². The van der Waals surface area contributed by atoms with Gasteiger partial charge in [-0.05, 0) is 29.9 Å². The summed E-state index contributed by atoms with van der Waals surface area (Å²) in [7, 11) is 0.